The van der Waals surface area contributed by atoms with Crippen molar-refractivity contribution in [3.63, 3.8) is 0 Å². The summed E-state index contributed by atoms with van der Waals surface area (Å²) >= 11 is 0. The van der Waals surface area contributed by atoms with Crippen molar-refractivity contribution in [3.8, 4) is 5.75 Å². The molecule has 1 fully saturated rings. The second kappa shape index (κ2) is 10.3. The predicted molar refractivity (Wildman–Crippen MR) is 144 cm³/mol. The summed E-state index contributed by atoms with van der Waals surface area (Å²) in [6.07, 6.45) is 0.509. The lowest BCUT2D eigenvalue weighted by Gasteiger charge is -2.46. The zero-order valence-electron chi connectivity index (χ0n) is 22.9. The van der Waals surface area contributed by atoms with Crippen LogP contribution in [0.2, 0.25) is 0 Å². The van der Waals surface area contributed by atoms with E-state index >= 15 is 0 Å². The molecule has 3 aliphatic carbocycles. The van der Waals surface area contributed by atoms with E-state index < -0.39 is 75.9 Å². The molecule has 0 unspecified atom stereocenters. The third-order valence-corrected chi connectivity index (χ3v) is 8.75. The zero-order valence-corrected chi connectivity index (χ0v) is 22.9. The van der Waals surface area contributed by atoms with Crippen molar-refractivity contribution in [1.82, 2.24) is 0 Å². The number of aliphatic hydroxyl groups excluding tert-OH is 2. The van der Waals surface area contributed by atoms with Crippen LogP contribution in [0.4, 0.5) is 13.2 Å². The summed E-state index contributed by atoms with van der Waals surface area (Å²) in [5.74, 6) is -11.1. The minimum atomic E-state index is -2.65. The van der Waals surface area contributed by atoms with Gasteiger partial charge in [-0.15, -0.1) is 0 Å². The smallest absolute Gasteiger partial charge is 0.255 e. The van der Waals surface area contributed by atoms with Crippen molar-refractivity contribution >= 4 is 23.2 Å². The summed E-state index contributed by atoms with van der Waals surface area (Å²) in [5, 5.41) is 44.9. The van der Waals surface area contributed by atoms with Gasteiger partial charge in [0.2, 0.25) is 5.78 Å². The molecule has 0 aromatic heterocycles. The summed E-state index contributed by atoms with van der Waals surface area (Å²) in [7, 11) is 0. The number of carbonyl (C=O) groups excluding carboxylic acids is 3. The number of primary amides is 1. The number of Topliss-reactive ketones (excluding diaryl/α,β-unsaturated/α-hetero) is 2. The minimum Gasteiger partial charge on any atom is -0.508 e. The van der Waals surface area contributed by atoms with E-state index in [1.54, 1.807) is 6.07 Å². The van der Waals surface area contributed by atoms with Crippen LogP contribution in [0.25, 0.3) is 5.76 Å². The maximum absolute atomic E-state index is 13.7. The predicted octanol–water partition coefficient (Wildman–Crippen LogP) is 4.14. The van der Waals surface area contributed by atoms with E-state index in [1.165, 1.54) is 0 Å². The number of amides is 1. The number of hydrogen-bond acceptors (Lipinski definition) is 7. The zero-order chi connectivity index (χ0) is 30.8. The fourth-order valence-corrected chi connectivity index (χ4v) is 6.72. The van der Waals surface area contributed by atoms with Crippen molar-refractivity contribution in [2.75, 3.05) is 0 Å². The Morgan fingerprint density at radius 1 is 1.05 bits per heavy atom. The Hall–Kier alpha value is -4.12. The monoisotopic (exact) mass is 585 g/mol. The van der Waals surface area contributed by atoms with Crippen LogP contribution in [0, 0.1) is 29.3 Å². The summed E-state index contributed by atoms with van der Waals surface area (Å²) in [6.45, 7) is 3.82. The molecule has 2 aromatic rings. The number of phenols is 1. The first-order valence-electron chi connectivity index (χ1n) is 13.7. The number of fused-ring (bicyclic) bond motifs is 3. The molecule has 0 aliphatic heterocycles. The Kier molecular flexibility index (Phi) is 7.21. The van der Waals surface area contributed by atoms with Crippen LogP contribution in [0.3, 0.4) is 0 Å². The molecule has 3 atom stereocenters. The van der Waals surface area contributed by atoms with Crippen molar-refractivity contribution in [1.29, 1.82) is 0 Å². The summed E-state index contributed by atoms with van der Waals surface area (Å²) in [5.41, 5.74) is 3.50. The normalized spacial score (nSPS) is 23.7. The molecule has 0 radical (unpaired) electrons. The molecule has 0 spiro atoms. The summed E-state index contributed by atoms with van der Waals surface area (Å²) in [4.78, 5) is 38.1. The van der Waals surface area contributed by atoms with Gasteiger partial charge in [0.25, 0.3) is 5.91 Å². The quantitative estimate of drug-likeness (QED) is 0.252. The molecule has 8 nitrogen and oxygen atoms in total. The molecular formula is C31H30F3NO7. The molecule has 1 saturated carbocycles. The Labute approximate surface area is 239 Å². The molecular weight excluding hydrogens is 555 g/mol. The minimum absolute atomic E-state index is 0.00204. The Balaban J connectivity index is 1.56. The van der Waals surface area contributed by atoms with Gasteiger partial charge >= 0.3 is 0 Å². The maximum atomic E-state index is 13.7. The van der Waals surface area contributed by atoms with Crippen LogP contribution in [-0.4, -0.2) is 43.5 Å². The first-order valence-corrected chi connectivity index (χ1v) is 13.7. The van der Waals surface area contributed by atoms with Gasteiger partial charge in [0.1, 0.15) is 22.8 Å². The fraction of sp³-hybridized carbons (Fsp3) is 0.387. The number of carbonyl (C=O) groups is 3. The number of ketones is 2. The number of rotatable bonds is 6. The van der Waals surface area contributed by atoms with Gasteiger partial charge in [-0.2, -0.15) is 0 Å². The highest BCUT2D eigenvalue weighted by Gasteiger charge is 2.60. The molecule has 2 aromatic carbocycles. The molecule has 11 heteroatoms. The average Bonchev–Trinajstić information content (AvgIpc) is 2.90. The molecule has 0 bridgehead atoms. The number of benzene rings is 2. The Morgan fingerprint density at radius 2 is 1.69 bits per heavy atom. The van der Waals surface area contributed by atoms with E-state index in [-0.39, 0.29) is 54.1 Å². The maximum Gasteiger partial charge on any atom is 0.255 e. The highest BCUT2D eigenvalue weighted by Crippen LogP contribution is 2.53. The second-order valence-electron chi connectivity index (χ2n) is 11.6. The van der Waals surface area contributed by atoms with Gasteiger partial charge in [0.05, 0.1) is 5.56 Å². The van der Waals surface area contributed by atoms with Crippen LogP contribution < -0.4 is 5.73 Å². The summed E-state index contributed by atoms with van der Waals surface area (Å²) < 4.78 is 40.6. The number of aryl methyl sites for hydroxylation is 2. The SMILES string of the molecule is CC(C)c1cc(CCCc2cc(F)c(F)c(F)c2)c(O)c2c1C[C@H]1C[C@H]3CC(=O)C(C(N)=O)=C(O)[C@@]3(O)C(=O)C1=C2O. The molecule has 3 aliphatic rings. The number of hydrogen-bond donors (Lipinski definition) is 5. The Morgan fingerprint density at radius 3 is 2.29 bits per heavy atom. The van der Waals surface area contributed by atoms with Crippen molar-refractivity contribution in [2.45, 2.75) is 63.9 Å². The first-order chi connectivity index (χ1) is 19.7. The van der Waals surface area contributed by atoms with E-state index in [2.05, 4.69) is 0 Å². The van der Waals surface area contributed by atoms with Gasteiger partial charge in [-0.25, -0.2) is 13.2 Å². The molecule has 222 valence electrons. The second-order valence-corrected chi connectivity index (χ2v) is 11.6. The standard InChI is InChI=1S/C31H30F3NO7/c1-12(2)17-9-14(5-3-4-13-6-19(32)25(34)20(33)7-13)26(37)23-18(17)10-15-8-16-11-21(36)24(30(35)41)29(40)31(16,42)28(39)22(15)27(23)38/h6-7,9,12,15-16,37-38,40,42H,3-5,8,10-11H2,1-2H3,(H2,35,41)/t15-,16+,31+/m1/s1. The highest BCUT2D eigenvalue weighted by atomic mass is 19.2. The van der Waals surface area contributed by atoms with E-state index in [0.29, 0.717) is 17.5 Å². The lowest BCUT2D eigenvalue weighted by atomic mass is 9.59. The van der Waals surface area contributed by atoms with E-state index in [0.717, 1.165) is 17.7 Å². The molecule has 5 rings (SSSR count). The number of aliphatic hydroxyl groups is 3. The van der Waals surface area contributed by atoms with Crippen LogP contribution >= 0.6 is 0 Å². The third kappa shape index (κ3) is 4.38. The number of aromatic hydroxyl groups is 1. The van der Waals surface area contributed by atoms with Gasteiger partial charge < -0.3 is 26.2 Å². The Bertz CT molecular complexity index is 1600. The lowest BCUT2D eigenvalue weighted by Crippen LogP contribution is -2.58. The van der Waals surface area contributed by atoms with E-state index in [9.17, 15) is 48.0 Å². The summed E-state index contributed by atoms with van der Waals surface area (Å²) in [6, 6.07) is 3.59. The van der Waals surface area contributed by atoms with Gasteiger partial charge in [-0.05, 0) is 78.3 Å². The van der Waals surface area contributed by atoms with Crippen LogP contribution in [0.15, 0.2) is 35.1 Å². The topological polar surface area (TPSA) is 158 Å². The van der Waals surface area contributed by atoms with Crippen LogP contribution in [0.5, 0.6) is 5.75 Å². The van der Waals surface area contributed by atoms with Crippen molar-refractivity contribution in [3.05, 3.63) is 80.4 Å². The third-order valence-electron chi connectivity index (χ3n) is 8.75. The molecule has 0 saturated heterocycles. The molecule has 0 heterocycles. The van der Waals surface area contributed by atoms with E-state index in [4.69, 9.17) is 5.73 Å². The van der Waals surface area contributed by atoms with Crippen molar-refractivity contribution < 1.29 is 48.0 Å². The fourth-order valence-electron chi connectivity index (χ4n) is 6.72. The number of nitrogens with two attached hydrogens (primary N) is 1. The molecule has 6 N–H and O–H groups in total. The number of phenolic OH excluding ortho intramolecular Hbond substituents is 1. The average molecular weight is 586 g/mol. The van der Waals surface area contributed by atoms with Gasteiger partial charge in [-0.1, -0.05) is 19.9 Å². The first kappa shape index (κ1) is 29.4. The van der Waals surface area contributed by atoms with Gasteiger partial charge in [0, 0.05) is 17.9 Å². The number of halogens is 3. The van der Waals surface area contributed by atoms with Gasteiger partial charge in [0.15, 0.2) is 28.8 Å². The highest BCUT2D eigenvalue weighted by molar-refractivity contribution is 6.22. The van der Waals surface area contributed by atoms with E-state index in [1.807, 2.05) is 13.8 Å². The molecule has 1 amide bonds. The van der Waals surface area contributed by atoms with Crippen LogP contribution in [0.1, 0.15) is 66.8 Å². The van der Waals surface area contributed by atoms with Crippen LogP contribution in [-0.2, 0) is 33.6 Å². The van der Waals surface area contributed by atoms with Gasteiger partial charge in [-0.3, -0.25) is 14.4 Å². The largest absolute Gasteiger partial charge is 0.508 e. The van der Waals surface area contributed by atoms with Crippen molar-refractivity contribution in [2.24, 2.45) is 17.6 Å². The molecule has 42 heavy (non-hydrogen) atoms. The lowest BCUT2D eigenvalue weighted by molar-refractivity contribution is -0.147.